The molecule has 0 bridgehead atoms. The number of hydrogen-bond acceptors (Lipinski definition) is 3. The van der Waals surface area contributed by atoms with Crippen molar-refractivity contribution in [3.8, 4) is 0 Å². The predicted molar refractivity (Wildman–Crippen MR) is 144 cm³/mol. The van der Waals surface area contributed by atoms with Gasteiger partial charge in [-0.15, -0.1) is 0 Å². The molecule has 35 heavy (non-hydrogen) atoms. The van der Waals surface area contributed by atoms with Crippen LogP contribution in [0.25, 0.3) is 10.9 Å². The topological polar surface area (TPSA) is 47.3 Å². The largest absolute Gasteiger partial charge is 0.463 e. The van der Waals surface area contributed by atoms with Crippen molar-refractivity contribution in [2.75, 3.05) is 0 Å². The average Bonchev–Trinajstić information content (AvgIpc) is 3.49. The lowest BCUT2D eigenvalue weighted by Gasteiger charge is -2.22. The quantitative estimate of drug-likeness (QED) is 0.308. The van der Waals surface area contributed by atoms with Gasteiger partial charge in [0.2, 0.25) is 0 Å². The maximum absolute atomic E-state index is 15.4. The number of rotatable bonds is 2. The van der Waals surface area contributed by atoms with Crippen LogP contribution in [0, 0.1) is 0 Å². The molecule has 0 aliphatic carbocycles. The fourth-order valence-corrected chi connectivity index (χ4v) is 11.8. The Hall–Kier alpha value is -3.64. The van der Waals surface area contributed by atoms with E-state index >= 15 is 9.13 Å². The van der Waals surface area contributed by atoms with Gasteiger partial charge in [-0.1, -0.05) is 109 Å². The number of benzene rings is 4. The fourth-order valence-electron chi connectivity index (χ4n) is 5.53. The van der Waals surface area contributed by atoms with Crippen LogP contribution in [0.3, 0.4) is 0 Å². The first kappa shape index (κ1) is 20.7. The van der Waals surface area contributed by atoms with E-state index in [9.17, 15) is 0 Å². The van der Waals surface area contributed by atoms with Gasteiger partial charge in [0, 0.05) is 26.8 Å². The standard InChI is InChI=1S/C30H20O3P2/c31-34(21-11-3-1-4-12-21)25-17-9-7-15-23(25)28-24-16-8-10-18-26(24)35(32,22-13-5-2-6-14-22)30(28)29-27(34)19-20-33-29/h1-20H. The summed E-state index contributed by atoms with van der Waals surface area (Å²) in [6.45, 7) is 0. The molecule has 3 heterocycles. The molecule has 5 aromatic rings. The van der Waals surface area contributed by atoms with Crippen molar-refractivity contribution in [2.45, 2.75) is 0 Å². The molecule has 0 spiro atoms. The highest BCUT2D eigenvalue weighted by Gasteiger charge is 2.50. The molecule has 0 N–H and O–H groups in total. The summed E-state index contributed by atoms with van der Waals surface area (Å²) < 4.78 is 36.8. The van der Waals surface area contributed by atoms with Gasteiger partial charge in [0.1, 0.15) is 5.76 Å². The Morgan fingerprint density at radius 2 is 0.971 bits per heavy atom. The third kappa shape index (κ3) is 2.63. The van der Waals surface area contributed by atoms with E-state index < -0.39 is 14.3 Å². The minimum Gasteiger partial charge on any atom is -0.463 e. The van der Waals surface area contributed by atoms with Crippen molar-refractivity contribution < 1.29 is 13.5 Å². The molecule has 0 saturated heterocycles. The normalized spacial score (nSPS) is 22.1. The highest BCUT2D eigenvalue weighted by molar-refractivity contribution is 7.89. The molecule has 0 amide bonds. The summed E-state index contributed by atoms with van der Waals surface area (Å²) in [5, 5.41) is 4.27. The molecule has 2 aliphatic rings. The van der Waals surface area contributed by atoms with Crippen molar-refractivity contribution >= 4 is 51.7 Å². The molecule has 3 nitrogen and oxygen atoms in total. The van der Waals surface area contributed by atoms with Crippen LogP contribution in [0.1, 0.15) is 16.9 Å². The van der Waals surface area contributed by atoms with Crippen molar-refractivity contribution in [1.29, 1.82) is 0 Å². The third-order valence-corrected chi connectivity index (χ3v) is 13.3. The number of hydrogen-bond donors (Lipinski definition) is 0. The van der Waals surface area contributed by atoms with Gasteiger partial charge in [-0.2, -0.15) is 0 Å². The first-order chi connectivity index (χ1) is 17.1. The van der Waals surface area contributed by atoms with Gasteiger partial charge in [0.15, 0.2) is 14.3 Å². The van der Waals surface area contributed by atoms with Crippen LogP contribution in [0.4, 0.5) is 0 Å². The van der Waals surface area contributed by atoms with E-state index in [4.69, 9.17) is 4.42 Å². The molecule has 0 fully saturated rings. The molecule has 2 aliphatic heterocycles. The summed E-state index contributed by atoms with van der Waals surface area (Å²) in [6.07, 6.45) is 1.58. The van der Waals surface area contributed by atoms with Gasteiger partial charge < -0.3 is 13.5 Å². The molecule has 2 atom stereocenters. The highest BCUT2D eigenvalue weighted by atomic mass is 31.2. The zero-order chi connectivity index (χ0) is 23.6. The fraction of sp³-hybridized carbons (Fsp3) is 0. The zero-order valence-electron chi connectivity index (χ0n) is 18.7. The van der Waals surface area contributed by atoms with Crippen molar-refractivity contribution in [3.63, 3.8) is 0 Å². The van der Waals surface area contributed by atoms with Gasteiger partial charge in [-0.3, -0.25) is 0 Å². The van der Waals surface area contributed by atoms with Crippen LogP contribution in [0.5, 0.6) is 0 Å². The van der Waals surface area contributed by atoms with Crippen molar-refractivity contribution in [1.82, 2.24) is 0 Å². The SMILES string of the molecule is O=P1(c2ccccc2)C2=C(c3ccccc31)c1ccccc1P(=O)(c1ccccc1)c1ccoc12. The molecule has 2 unspecified atom stereocenters. The Kier molecular flexibility index (Phi) is 4.39. The van der Waals surface area contributed by atoms with E-state index in [2.05, 4.69) is 0 Å². The third-order valence-electron chi connectivity index (χ3n) is 7.02. The second-order valence-corrected chi connectivity index (χ2v) is 14.1. The van der Waals surface area contributed by atoms with Crippen LogP contribution in [-0.2, 0) is 9.13 Å². The predicted octanol–water partition coefficient (Wildman–Crippen LogP) is 5.48. The summed E-state index contributed by atoms with van der Waals surface area (Å²) >= 11 is 0. The van der Waals surface area contributed by atoms with Gasteiger partial charge >= 0.3 is 0 Å². The second-order valence-electron chi connectivity index (χ2n) is 8.78. The van der Waals surface area contributed by atoms with Gasteiger partial charge in [0.05, 0.1) is 16.9 Å². The highest BCUT2D eigenvalue weighted by Crippen LogP contribution is 2.67. The van der Waals surface area contributed by atoms with Crippen molar-refractivity contribution in [2.24, 2.45) is 0 Å². The Bertz CT molecular complexity index is 1750. The van der Waals surface area contributed by atoms with Gasteiger partial charge in [-0.25, -0.2) is 0 Å². The lowest BCUT2D eigenvalue weighted by molar-refractivity contribution is 0.554. The summed E-state index contributed by atoms with van der Waals surface area (Å²) in [6, 6.07) is 36.7. The van der Waals surface area contributed by atoms with E-state index in [0.717, 1.165) is 37.9 Å². The minimum atomic E-state index is -3.31. The Morgan fingerprint density at radius 3 is 1.57 bits per heavy atom. The average molecular weight is 490 g/mol. The van der Waals surface area contributed by atoms with E-state index in [-0.39, 0.29) is 0 Å². The Labute approximate surface area is 203 Å². The molecule has 7 rings (SSSR count). The van der Waals surface area contributed by atoms with Crippen molar-refractivity contribution in [3.05, 3.63) is 138 Å². The first-order valence-electron chi connectivity index (χ1n) is 11.5. The summed E-state index contributed by atoms with van der Waals surface area (Å²) in [7, 11) is -6.62. The van der Waals surface area contributed by atoms with Crippen LogP contribution in [0.2, 0.25) is 0 Å². The molecule has 0 radical (unpaired) electrons. The molecule has 0 saturated carbocycles. The second kappa shape index (κ2) is 7.43. The molecular weight excluding hydrogens is 470 g/mol. The molecule has 4 aromatic carbocycles. The summed E-state index contributed by atoms with van der Waals surface area (Å²) in [4.78, 5) is 0. The molecule has 1 aromatic heterocycles. The maximum Gasteiger partial charge on any atom is 0.175 e. The molecular formula is C30H20O3P2. The van der Waals surface area contributed by atoms with E-state index in [0.29, 0.717) is 16.4 Å². The lowest BCUT2D eigenvalue weighted by Crippen LogP contribution is -2.27. The lowest BCUT2D eigenvalue weighted by atomic mass is 9.97. The maximum atomic E-state index is 15.4. The van der Waals surface area contributed by atoms with Crippen LogP contribution in [0.15, 0.2) is 126 Å². The van der Waals surface area contributed by atoms with E-state index in [1.165, 1.54) is 0 Å². The van der Waals surface area contributed by atoms with Crippen LogP contribution < -0.4 is 26.5 Å². The number of fused-ring (bicyclic) bond motifs is 6. The zero-order valence-corrected chi connectivity index (χ0v) is 20.5. The smallest absolute Gasteiger partial charge is 0.175 e. The summed E-state index contributed by atoms with van der Waals surface area (Å²) in [5.41, 5.74) is 2.61. The van der Waals surface area contributed by atoms with Gasteiger partial charge in [-0.05, 0) is 17.2 Å². The van der Waals surface area contributed by atoms with E-state index in [1.807, 2.05) is 109 Å². The first-order valence-corrected chi connectivity index (χ1v) is 14.9. The molecule has 168 valence electrons. The van der Waals surface area contributed by atoms with Crippen LogP contribution >= 0.6 is 14.3 Å². The minimum absolute atomic E-state index is 0.465. The van der Waals surface area contributed by atoms with Crippen LogP contribution in [-0.4, -0.2) is 0 Å². The number of furan rings is 1. The van der Waals surface area contributed by atoms with Gasteiger partial charge in [0.25, 0.3) is 0 Å². The molecule has 5 heteroatoms. The monoisotopic (exact) mass is 490 g/mol. The Morgan fingerprint density at radius 1 is 0.486 bits per heavy atom. The van der Waals surface area contributed by atoms with E-state index in [1.54, 1.807) is 12.3 Å². The Balaban J connectivity index is 1.69. The summed E-state index contributed by atoms with van der Waals surface area (Å²) in [5.74, 6) is 0.465.